The lowest BCUT2D eigenvalue weighted by molar-refractivity contribution is -0.126. The van der Waals surface area contributed by atoms with Crippen molar-refractivity contribution in [2.45, 2.75) is 32.5 Å². The molecular weight excluding hydrogens is 152 g/mol. The van der Waals surface area contributed by atoms with Gasteiger partial charge in [0.2, 0.25) is 0 Å². The highest BCUT2D eigenvalue weighted by molar-refractivity contribution is 6.83. The lowest BCUT2D eigenvalue weighted by atomic mass is 9.85. The third kappa shape index (κ3) is 2.51. The van der Waals surface area contributed by atoms with E-state index in [2.05, 4.69) is 31.1 Å². The van der Waals surface area contributed by atoms with Gasteiger partial charge < -0.3 is 0 Å². The van der Waals surface area contributed by atoms with Crippen LogP contribution >= 0.6 is 0 Å². The summed E-state index contributed by atoms with van der Waals surface area (Å²) in [5, 5.41) is 0. The highest BCUT2D eigenvalue weighted by Gasteiger charge is 2.26. The van der Waals surface area contributed by atoms with Crippen LogP contribution in [0.25, 0.3) is 0 Å². The molecule has 1 fully saturated rings. The van der Waals surface area contributed by atoms with Gasteiger partial charge in [-0.1, -0.05) is 25.6 Å². The van der Waals surface area contributed by atoms with Gasteiger partial charge in [-0.05, 0) is 6.42 Å². The number of Topliss-reactive ketones (excluding diaryl/α,β-unsaturated/α-hetero) is 1. The number of carbonyl (C=O) groups excluding carboxylic acids is 1. The van der Waals surface area contributed by atoms with E-state index in [1.54, 1.807) is 0 Å². The maximum absolute atomic E-state index is 10.9. The van der Waals surface area contributed by atoms with Gasteiger partial charge in [-0.25, -0.2) is 0 Å². The lowest BCUT2D eigenvalue weighted by Crippen LogP contribution is -2.25. The normalized spacial score (nSPS) is 23.5. The summed E-state index contributed by atoms with van der Waals surface area (Å²) in [5.74, 6) is 3.51. The van der Waals surface area contributed by atoms with Gasteiger partial charge >= 0.3 is 0 Å². The molecule has 0 aromatic carbocycles. The number of hydrogen-bond acceptors (Lipinski definition) is 1. The van der Waals surface area contributed by atoms with E-state index >= 15 is 0 Å². The molecule has 1 saturated carbocycles. The minimum absolute atomic E-state index is 0.0988. The Hall–Kier alpha value is -0.553. The van der Waals surface area contributed by atoms with Crippen LogP contribution < -0.4 is 0 Å². The van der Waals surface area contributed by atoms with Crippen molar-refractivity contribution in [3.05, 3.63) is 0 Å². The molecule has 1 aliphatic rings. The minimum atomic E-state index is -1.25. The topological polar surface area (TPSA) is 17.1 Å². The Morgan fingerprint density at radius 3 is 2.36 bits per heavy atom. The fraction of sp³-hybridized carbons (Fsp3) is 0.667. The van der Waals surface area contributed by atoms with Crippen molar-refractivity contribution in [3.63, 3.8) is 0 Å². The van der Waals surface area contributed by atoms with E-state index in [9.17, 15) is 4.79 Å². The molecule has 0 aromatic heterocycles. The molecule has 0 spiro atoms. The van der Waals surface area contributed by atoms with E-state index < -0.39 is 8.07 Å². The van der Waals surface area contributed by atoms with Gasteiger partial charge in [-0.2, -0.15) is 0 Å². The van der Waals surface area contributed by atoms with E-state index in [1.807, 2.05) is 0 Å². The second-order valence-electron chi connectivity index (χ2n) is 4.08. The molecule has 1 atom stereocenters. The standard InChI is InChI=1S/C9H14OSi/c1-11(2,3)7-6-8-4-5-9(8)10/h8H,4-5H2,1-3H3. The van der Waals surface area contributed by atoms with Gasteiger partial charge in [0.05, 0.1) is 5.92 Å². The van der Waals surface area contributed by atoms with Crippen molar-refractivity contribution in [2.24, 2.45) is 5.92 Å². The zero-order valence-corrected chi connectivity index (χ0v) is 8.40. The highest BCUT2D eigenvalue weighted by atomic mass is 28.3. The van der Waals surface area contributed by atoms with Crippen LogP contribution in [0.3, 0.4) is 0 Å². The number of hydrogen-bond donors (Lipinski definition) is 0. The third-order valence-electron chi connectivity index (χ3n) is 1.69. The lowest BCUT2D eigenvalue weighted by Gasteiger charge is -2.18. The Morgan fingerprint density at radius 1 is 1.45 bits per heavy atom. The second kappa shape index (κ2) is 2.82. The molecule has 2 heteroatoms. The van der Waals surface area contributed by atoms with E-state index in [1.165, 1.54) is 0 Å². The molecule has 0 bridgehead atoms. The monoisotopic (exact) mass is 166 g/mol. The van der Waals surface area contributed by atoms with Crippen molar-refractivity contribution in [3.8, 4) is 11.5 Å². The van der Waals surface area contributed by atoms with Crippen molar-refractivity contribution < 1.29 is 4.79 Å². The quantitative estimate of drug-likeness (QED) is 0.396. The van der Waals surface area contributed by atoms with E-state index in [0.717, 1.165) is 12.8 Å². The maximum Gasteiger partial charge on any atom is 0.147 e. The highest BCUT2D eigenvalue weighted by Crippen LogP contribution is 2.21. The number of carbonyl (C=O) groups is 1. The molecule has 1 nitrogen and oxygen atoms in total. The summed E-state index contributed by atoms with van der Waals surface area (Å²) in [6.45, 7) is 6.59. The molecule has 0 radical (unpaired) electrons. The van der Waals surface area contributed by atoms with Crippen LogP contribution in [-0.4, -0.2) is 13.9 Å². The Bertz CT molecular complexity index is 226. The minimum Gasteiger partial charge on any atom is -0.298 e. The summed E-state index contributed by atoms with van der Waals surface area (Å²) in [6.07, 6.45) is 1.75. The Morgan fingerprint density at radius 2 is 2.09 bits per heavy atom. The number of ketones is 1. The van der Waals surface area contributed by atoms with E-state index in [4.69, 9.17) is 0 Å². The molecule has 1 unspecified atom stereocenters. The first-order valence-corrected chi connectivity index (χ1v) is 7.54. The van der Waals surface area contributed by atoms with Crippen molar-refractivity contribution in [1.29, 1.82) is 0 Å². The Kier molecular flexibility index (Phi) is 2.19. The van der Waals surface area contributed by atoms with Gasteiger partial charge in [0.1, 0.15) is 13.9 Å². The molecule has 0 heterocycles. The summed E-state index contributed by atoms with van der Waals surface area (Å²) < 4.78 is 0. The largest absolute Gasteiger partial charge is 0.298 e. The molecule has 0 saturated heterocycles. The molecule has 0 aromatic rings. The van der Waals surface area contributed by atoms with Crippen molar-refractivity contribution in [1.82, 2.24) is 0 Å². The molecular formula is C9H14OSi. The van der Waals surface area contributed by atoms with Crippen molar-refractivity contribution in [2.75, 3.05) is 0 Å². The smallest absolute Gasteiger partial charge is 0.147 e. The average Bonchev–Trinajstić information content (AvgIpc) is 1.82. The predicted molar refractivity (Wildman–Crippen MR) is 48.9 cm³/mol. The summed E-state index contributed by atoms with van der Waals surface area (Å²) in [6, 6.07) is 0. The second-order valence-corrected chi connectivity index (χ2v) is 8.83. The van der Waals surface area contributed by atoms with Gasteiger partial charge in [-0.3, -0.25) is 4.79 Å². The van der Waals surface area contributed by atoms with Crippen LogP contribution in [0.1, 0.15) is 12.8 Å². The maximum atomic E-state index is 10.9. The molecule has 0 aliphatic heterocycles. The molecule has 1 aliphatic carbocycles. The van der Waals surface area contributed by atoms with Crippen LogP contribution in [-0.2, 0) is 4.79 Å². The molecule has 11 heavy (non-hydrogen) atoms. The fourth-order valence-corrected chi connectivity index (χ4v) is 1.47. The van der Waals surface area contributed by atoms with Gasteiger partial charge in [-0.15, -0.1) is 5.54 Å². The molecule has 60 valence electrons. The zero-order valence-electron chi connectivity index (χ0n) is 7.40. The number of rotatable bonds is 0. The van der Waals surface area contributed by atoms with Gasteiger partial charge in [0, 0.05) is 6.42 Å². The molecule has 0 amide bonds. The fourth-order valence-electron chi connectivity index (χ4n) is 0.863. The van der Waals surface area contributed by atoms with Gasteiger partial charge in [0.15, 0.2) is 0 Å². The van der Waals surface area contributed by atoms with Crippen LogP contribution in [0.4, 0.5) is 0 Å². The van der Waals surface area contributed by atoms with E-state index in [-0.39, 0.29) is 5.92 Å². The van der Waals surface area contributed by atoms with Crippen LogP contribution in [0.5, 0.6) is 0 Å². The predicted octanol–water partition coefficient (Wildman–Crippen LogP) is 1.85. The van der Waals surface area contributed by atoms with Crippen LogP contribution in [0.15, 0.2) is 0 Å². The van der Waals surface area contributed by atoms with Crippen molar-refractivity contribution >= 4 is 13.9 Å². The summed E-state index contributed by atoms with van der Waals surface area (Å²) in [4.78, 5) is 10.9. The van der Waals surface area contributed by atoms with Crippen LogP contribution in [0.2, 0.25) is 19.6 Å². The van der Waals surface area contributed by atoms with Crippen LogP contribution in [0, 0.1) is 17.4 Å². The first kappa shape index (κ1) is 8.54. The third-order valence-corrected chi connectivity index (χ3v) is 2.58. The first-order valence-electron chi connectivity index (χ1n) is 4.04. The molecule has 0 N–H and O–H groups in total. The summed E-state index contributed by atoms with van der Waals surface area (Å²) in [5.41, 5.74) is 3.22. The molecule has 1 rings (SSSR count). The summed E-state index contributed by atoms with van der Waals surface area (Å²) >= 11 is 0. The Balaban J connectivity index is 2.51. The zero-order chi connectivity index (χ0) is 8.48. The summed E-state index contributed by atoms with van der Waals surface area (Å²) in [7, 11) is -1.25. The Labute approximate surface area is 69.2 Å². The average molecular weight is 166 g/mol. The van der Waals surface area contributed by atoms with E-state index in [0.29, 0.717) is 5.78 Å². The first-order chi connectivity index (χ1) is 4.99. The van der Waals surface area contributed by atoms with Gasteiger partial charge in [0.25, 0.3) is 0 Å². The SMILES string of the molecule is C[Si](C)(C)C#CC1CCC1=O.